The van der Waals surface area contributed by atoms with Crippen molar-refractivity contribution in [1.29, 1.82) is 0 Å². The largest absolute Gasteiger partial charge is 0.465 e. The molecule has 0 aliphatic carbocycles. The van der Waals surface area contributed by atoms with Crippen molar-refractivity contribution in [2.75, 3.05) is 12.8 Å². The molecule has 0 amide bonds. The van der Waals surface area contributed by atoms with E-state index in [0.717, 1.165) is 11.1 Å². The summed E-state index contributed by atoms with van der Waals surface area (Å²) in [6.45, 7) is 0. The van der Waals surface area contributed by atoms with Gasteiger partial charge in [0, 0.05) is 10.7 Å². The van der Waals surface area contributed by atoms with Crippen LogP contribution in [-0.4, -0.2) is 13.1 Å². The highest BCUT2D eigenvalue weighted by atomic mass is 35.5. The SMILES string of the molecule is COC(=O)c1ccc(-c2cccc(Cl)c2)cc1N. The molecular formula is C14H12ClNO2. The van der Waals surface area contributed by atoms with Crippen LogP contribution in [0.2, 0.25) is 5.02 Å². The van der Waals surface area contributed by atoms with Gasteiger partial charge in [0.05, 0.1) is 12.7 Å². The van der Waals surface area contributed by atoms with Crippen molar-refractivity contribution in [3.63, 3.8) is 0 Å². The summed E-state index contributed by atoms with van der Waals surface area (Å²) < 4.78 is 4.64. The Morgan fingerprint density at radius 3 is 2.50 bits per heavy atom. The molecule has 0 bridgehead atoms. The number of hydrogen-bond donors (Lipinski definition) is 1. The van der Waals surface area contributed by atoms with Crippen LogP contribution in [0.4, 0.5) is 5.69 Å². The Morgan fingerprint density at radius 1 is 1.17 bits per heavy atom. The predicted octanol–water partition coefficient (Wildman–Crippen LogP) is 3.38. The molecule has 0 aliphatic heterocycles. The maximum absolute atomic E-state index is 11.4. The van der Waals surface area contributed by atoms with E-state index < -0.39 is 5.97 Å². The van der Waals surface area contributed by atoms with Gasteiger partial charge in [-0.3, -0.25) is 0 Å². The van der Waals surface area contributed by atoms with Gasteiger partial charge in [-0.05, 0) is 35.4 Å². The highest BCUT2D eigenvalue weighted by Crippen LogP contribution is 2.26. The number of nitrogens with two attached hydrogens (primary N) is 1. The number of carbonyl (C=O) groups is 1. The summed E-state index contributed by atoms with van der Waals surface area (Å²) in [6, 6.07) is 12.6. The Morgan fingerprint density at radius 2 is 1.89 bits per heavy atom. The summed E-state index contributed by atoms with van der Waals surface area (Å²) in [5, 5.41) is 0.656. The van der Waals surface area contributed by atoms with Crippen molar-refractivity contribution < 1.29 is 9.53 Å². The van der Waals surface area contributed by atoms with Crippen molar-refractivity contribution in [1.82, 2.24) is 0 Å². The molecule has 2 N–H and O–H groups in total. The molecule has 2 rings (SSSR count). The number of nitrogen functional groups attached to an aromatic ring is 1. The van der Waals surface area contributed by atoms with Crippen molar-refractivity contribution in [2.24, 2.45) is 0 Å². The van der Waals surface area contributed by atoms with Gasteiger partial charge < -0.3 is 10.5 Å². The summed E-state index contributed by atoms with van der Waals surface area (Å²) in [4.78, 5) is 11.4. The van der Waals surface area contributed by atoms with Crippen LogP contribution in [0.15, 0.2) is 42.5 Å². The van der Waals surface area contributed by atoms with Gasteiger partial charge in [-0.2, -0.15) is 0 Å². The molecule has 2 aromatic carbocycles. The molecule has 0 atom stereocenters. The number of anilines is 1. The monoisotopic (exact) mass is 261 g/mol. The van der Waals surface area contributed by atoms with E-state index in [2.05, 4.69) is 4.74 Å². The normalized spacial score (nSPS) is 10.1. The summed E-state index contributed by atoms with van der Waals surface area (Å²) >= 11 is 5.93. The van der Waals surface area contributed by atoms with E-state index in [9.17, 15) is 4.79 Å². The first kappa shape index (κ1) is 12.5. The molecule has 0 aromatic heterocycles. The van der Waals surface area contributed by atoms with Gasteiger partial charge in [-0.1, -0.05) is 29.8 Å². The Labute approximate surface area is 110 Å². The Bertz CT molecular complexity index is 596. The van der Waals surface area contributed by atoms with E-state index in [1.807, 2.05) is 24.3 Å². The topological polar surface area (TPSA) is 52.3 Å². The standard InChI is InChI=1S/C14H12ClNO2/c1-18-14(17)12-6-5-10(8-13(12)16)9-3-2-4-11(15)7-9/h2-8H,16H2,1H3. The number of rotatable bonds is 2. The molecule has 0 unspecified atom stereocenters. The molecule has 3 nitrogen and oxygen atoms in total. The zero-order chi connectivity index (χ0) is 13.1. The number of carbonyl (C=O) groups excluding carboxylic acids is 1. The van der Waals surface area contributed by atoms with E-state index in [1.165, 1.54) is 7.11 Å². The van der Waals surface area contributed by atoms with Crippen molar-refractivity contribution >= 4 is 23.3 Å². The first-order chi connectivity index (χ1) is 8.61. The van der Waals surface area contributed by atoms with Gasteiger partial charge >= 0.3 is 5.97 Å². The third kappa shape index (κ3) is 2.46. The average molecular weight is 262 g/mol. The lowest BCUT2D eigenvalue weighted by Gasteiger charge is -2.07. The summed E-state index contributed by atoms with van der Waals surface area (Å²) in [6.07, 6.45) is 0. The Kier molecular flexibility index (Phi) is 3.53. The van der Waals surface area contributed by atoms with Gasteiger partial charge in [0.1, 0.15) is 0 Å². The van der Waals surface area contributed by atoms with Crippen LogP contribution < -0.4 is 5.73 Å². The highest BCUT2D eigenvalue weighted by molar-refractivity contribution is 6.30. The molecule has 0 fully saturated rings. The van der Waals surface area contributed by atoms with Gasteiger partial charge in [-0.15, -0.1) is 0 Å². The quantitative estimate of drug-likeness (QED) is 0.666. The molecule has 0 saturated heterocycles. The zero-order valence-corrected chi connectivity index (χ0v) is 10.6. The average Bonchev–Trinajstić information content (AvgIpc) is 2.37. The van der Waals surface area contributed by atoms with Crippen LogP contribution in [0.25, 0.3) is 11.1 Å². The van der Waals surface area contributed by atoms with Crippen LogP contribution in [0.3, 0.4) is 0 Å². The third-order valence-corrected chi connectivity index (χ3v) is 2.85. The van der Waals surface area contributed by atoms with Crippen molar-refractivity contribution in [3.8, 4) is 11.1 Å². The number of esters is 1. The van der Waals surface area contributed by atoms with E-state index in [0.29, 0.717) is 16.3 Å². The van der Waals surface area contributed by atoms with Crippen molar-refractivity contribution in [2.45, 2.75) is 0 Å². The molecule has 92 valence electrons. The second-order valence-corrected chi connectivity index (χ2v) is 4.24. The summed E-state index contributed by atoms with van der Waals surface area (Å²) in [5.41, 5.74) is 8.45. The minimum atomic E-state index is -0.440. The minimum Gasteiger partial charge on any atom is -0.465 e. The number of halogens is 1. The first-order valence-corrected chi connectivity index (χ1v) is 5.73. The van der Waals surface area contributed by atoms with E-state index >= 15 is 0 Å². The van der Waals surface area contributed by atoms with Crippen LogP contribution in [0.5, 0.6) is 0 Å². The smallest absolute Gasteiger partial charge is 0.339 e. The second-order valence-electron chi connectivity index (χ2n) is 3.80. The molecule has 2 aromatic rings. The predicted molar refractivity (Wildman–Crippen MR) is 72.6 cm³/mol. The Hall–Kier alpha value is -2.00. The van der Waals surface area contributed by atoms with Gasteiger partial charge in [0.15, 0.2) is 0 Å². The number of methoxy groups -OCH3 is 1. The number of benzene rings is 2. The molecule has 0 radical (unpaired) electrons. The molecule has 0 saturated carbocycles. The van der Waals surface area contributed by atoms with Crippen molar-refractivity contribution in [3.05, 3.63) is 53.1 Å². The molecular weight excluding hydrogens is 250 g/mol. The van der Waals surface area contributed by atoms with Crippen LogP contribution in [-0.2, 0) is 4.74 Å². The number of hydrogen-bond acceptors (Lipinski definition) is 3. The lowest BCUT2D eigenvalue weighted by molar-refractivity contribution is 0.0602. The lowest BCUT2D eigenvalue weighted by Crippen LogP contribution is -2.05. The Balaban J connectivity index is 2.43. The van der Waals surface area contributed by atoms with E-state index in [-0.39, 0.29) is 0 Å². The van der Waals surface area contributed by atoms with Gasteiger partial charge in [0.2, 0.25) is 0 Å². The minimum absolute atomic E-state index is 0.364. The highest BCUT2D eigenvalue weighted by Gasteiger charge is 2.10. The fraction of sp³-hybridized carbons (Fsp3) is 0.0714. The fourth-order valence-electron chi connectivity index (χ4n) is 1.71. The first-order valence-electron chi connectivity index (χ1n) is 5.35. The van der Waals surface area contributed by atoms with Crippen LogP contribution in [0, 0.1) is 0 Å². The van der Waals surface area contributed by atoms with Crippen LogP contribution >= 0.6 is 11.6 Å². The molecule has 18 heavy (non-hydrogen) atoms. The third-order valence-electron chi connectivity index (χ3n) is 2.61. The van der Waals surface area contributed by atoms with Gasteiger partial charge in [-0.25, -0.2) is 4.79 Å². The molecule has 0 heterocycles. The summed E-state index contributed by atoms with van der Waals surface area (Å²) in [7, 11) is 1.33. The second kappa shape index (κ2) is 5.10. The zero-order valence-electron chi connectivity index (χ0n) is 9.81. The van der Waals surface area contributed by atoms with Crippen LogP contribution in [0.1, 0.15) is 10.4 Å². The van der Waals surface area contributed by atoms with Gasteiger partial charge in [0.25, 0.3) is 0 Å². The fourth-order valence-corrected chi connectivity index (χ4v) is 1.90. The van der Waals surface area contributed by atoms with E-state index in [1.54, 1.807) is 18.2 Å². The molecule has 0 spiro atoms. The molecule has 4 heteroatoms. The maximum Gasteiger partial charge on any atom is 0.339 e. The maximum atomic E-state index is 11.4. The number of ether oxygens (including phenoxy) is 1. The lowest BCUT2D eigenvalue weighted by atomic mass is 10.0. The molecule has 0 aliphatic rings. The van der Waals surface area contributed by atoms with E-state index in [4.69, 9.17) is 17.3 Å². The summed E-state index contributed by atoms with van der Waals surface area (Å²) in [5.74, 6) is -0.440.